The summed E-state index contributed by atoms with van der Waals surface area (Å²) in [6.07, 6.45) is 3.70. The molecule has 2 aliphatic rings. The van der Waals surface area contributed by atoms with Gasteiger partial charge in [-0.1, -0.05) is 0 Å². The molecule has 0 spiro atoms. The van der Waals surface area contributed by atoms with E-state index < -0.39 is 0 Å². The van der Waals surface area contributed by atoms with Gasteiger partial charge in [-0.2, -0.15) is 0 Å². The molecular weight excluding hydrogens is 258 g/mol. The Morgan fingerprint density at radius 1 is 1.15 bits per heavy atom. The third kappa shape index (κ3) is 3.93. The van der Waals surface area contributed by atoms with Gasteiger partial charge in [-0.3, -0.25) is 14.5 Å². The van der Waals surface area contributed by atoms with Gasteiger partial charge in [0.25, 0.3) is 0 Å². The van der Waals surface area contributed by atoms with E-state index in [9.17, 15) is 14.7 Å². The highest BCUT2D eigenvalue weighted by Gasteiger charge is 2.28. The third-order valence-corrected chi connectivity index (χ3v) is 4.40. The summed E-state index contributed by atoms with van der Waals surface area (Å²) in [5.74, 6) is -0.133. The van der Waals surface area contributed by atoms with Crippen molar-refractivity contribution in [2.45, 2.75) is 25.7 Å². The number of aliphatic hydroxyl groups is 1. The Hall–Kier alpha value is -1.14. The molecule has 2 unspecified atom stereocenters. The molecule has 0 bridgehead atoms. The van der Waals surface area contributed by atoms with Crippen molar-refractivity contribution in [1.29, 1.82) is 0 Å². The predicted octanol–water partition coefficient (Wildman–Crippen LogP) is -0.585. The SMILES string of the molecule is NC(=O)C1CCCN(C(=O)CN2CCCC(CO)C2)C1. The molecule has 3 N–H and O–H groups in total. The number of rotatable bonds is 4. The summed E-state index contributed by atoms with van der Waals surface area (Å²) in [6, 6.07) is 0. The summed E-state index contributed by atoms with van der Waals surface area (Å²) in [7, 11) is 0. The molecule has 2 heterocycles. The van der Waals surface area contributed by atoms with E-state index >= 15 is 0 Å². The zero-order chi connectivity index (χ0) is 14.5. The highest BCUT2D eigenvalue weighted by atomic mass is 16.3. The van der Waals surface area contributed by atoms with Crippen LogP contribution in [-0.2, 0) is 9.59 Å². The minimum Gasteiger partial charge on any atom is -0.396 e. The number of carbonyl (C=O) groups excluding carboxylic acids is 2. The van der Waals surface area contributed by atoms with Crippen LogP contribution in [-0.4, -0.2) is 66.1 Å². The van der Waals surface area contributed by atoms with Gasteiger partial charge in [-0.25, -0.2) is 0 Å². The molecular formula is C14H25N3O3. The fourth-order valence-electron chi connectivity index (χ4n) is 3.17. The van der Waals surface area contributed by atoms with E-state index in [1.807, 2.05) is 0 Å². The van der Waals surface area contributed by atoms with E-state index in [0.717, 1.165) is 45.3 Å². The summed E-state index contributed by atoms with van der Waals surface area (Å²) >= 11 is 0. The quantitative estimate of drug-likeness (QED) is 0.722. The maximum Gasteiger partial charge on any atom is 0.236 e. The number of likely N-dealkylation sites (tertiary alicyclic amines) is 2. The Balaban J connectivity index is 1.83. The number of aliphatic hydroxyl groups excluding tert-OH is 1. The molecule has 2 atom stereocenters. The number of hydrogen-bond donors (Lipinski definition) is 2. The predicted molar refractivity (Wildman–Crippen MR) is 74.7 cm³/mol. The maximum atomic E-state index is 12.3. The van der Waals surface area contributed by atoms with Crippen molar-refractivity contribution in [3.63, 3.8) is 0 Å². The summed E-state index contributed by atoms with van der Waals surface area (Å²) in [5, 5.41) is 9.21. The first-order chi connectivity index (χ1) is 9.60. The van der Waals surface area contributed by atoms with E-state index in [4.69, 9.17) is 5.73 Å². The summed E-state index contributed by atoms with van der Waals surface area (Å²) < 4.78 is 0. The number of nitrogens with zero attached hydrogens (tertiary/aromatic N) is 2. The highest BCUT2D eigenvalue weighted by Crippen LogP contribution is 2.18. The standard InChI is InChI=1S/C14H25N3O3/c15-14(20)12-4-2-6-17(8-12)13(19)9-16-5-1-3-11(7-16)10-18/h11-12,18H,1-10H2,(H2,15,20). The van der Waals surface area contributed by atoms with Gasteiger partial charge in [0.15, 0.2) is 0 Å². The van der Waals surface area contributed by atoms with Crippen molar-refractivity contribution in [3.05, 3.63) is 0 Å². The van der Waals surface area contributed by atoms with Gasteiger partial charge in [0, 0.05) is 26.2 Å². The second kappa shape index (κ2) is 7.04. The van der Waals surface area contributed by atoms with Gasteiger partial charge < -0.3 is 15.7 Å². The van der Waals surface area contributed by atoms with Gasteiger partial charge in [0.2, 0.25) is 11.8 Å². The second-order valence-electron chi connectivity index (χ2n) is 6.01. The fourth-order valence-corrected chi connectivity index (χ4v) is 3.17. The Morgan fingerprint density at radius 3 is 2.60 bits per heavy atom. The van der Waals surface area contributed by atoms with Crippen LogP contribution < -0.4 is 5.73 Å². The fraction of sp³-hybridized carbons (Fsp3) is 0.857. The molecule has 2 amide bonds. The van der Waals surface area contributed by atoms with Gasteiger partial charge in [0.05, 0.1) is 12.5 Å². The Labute approximate surface area is 119 Å². The Bertz CT molecular complexity index is 362. The van der Waals surface area contributed by atoms with E-state index in [2.05, 4.69) is 4.90 Å². The summed E-state index contributed by atoms with van der Waals surface area (Å²) in [4.78, 5) is 27.4. The smallest absolute Gasteiger partial charge is 0.236 e. The summed E-state index contributed by atoms with van der Waals surface area (Å²) in [5.41, 5.74) is 5.33. The molecule has 20 heavy (non-hydrogen) atoms. The molecule has 2 rings (SSSR count). The normalized spacial score (nSPS) is 28.4. The van der Waals surface area contributed by atoms with Crippen LogP contribution >= 0.6 is 0 Å². The van der Waals surface area contributed by atoms with Crippen LogP contribution in [0.1, 0.15) is 25.7 Å². The van der Waals surface area contributed by atoms with Gasteiger partial charge in [0.1, 0.15) is 0 Å². The zero-order valence-corrected chi connectivity index (χ0v) is 12.0. The number of primary amides is 1. The molecule has 0 aliphatic carbocycles. The maximum absolute atomic E-state index is 12.3. The number of hydrogen-bond acceptors (Lipinski definition) is 4. The Morgan fingerprint density at radius 2 is 1.90 bits per heavy atom. The lowest BCUT2D eigenvalue weighted by molar-refractivity contribution is -0.136. The van der Waals surface area contributed by atoms with Crippen molar-refractivity contribution in [2.75, 3.05) is 39.3 Å². The van der Waals surface area contributed by atoms with Gasteiger partial charge in [-0.15, -0.1) is 0 Å². The topological polar surface area (TPSA) is 86.9 Å². The molecule has 6 heteroatoms. The highest BCUT2D eigenvalue weighted by molar-refractivity contribution is 5.81. The van der Waals surface area contributed by atoms with Gasteiger partial charge in [-0.05, 0) is 38.1 Å². The van der Waals surface area contributed by atoms with Crippen LogP contribution in [0.2, 0.25) is 0 Å². The zero-order valence-electron chi connectivity index (χ0n) is 12.0. The molecule has 0 saturated carbocycles. The number of nitrogens with two attached hydrogens (primary N) is 1. The first kappa shape index (κ1) is 15.3. The van der Waals surface area contributed by atoms with Gasteiger partial charge >= 0.3 is 0 Å². The lowest BCUT2D eigenvalue weighted by Gasteiger charge is -2.35. The summed E-state index contributed by atoms with van der Waals surface area (Å²) in [6.45, 7) is 3.47. The molecule has 6 nitrogen and oxygen atoms in total. The van der Waals surface area contributed by atoms with Crippen LogP contribution in [0.5, 0.6) is 0 Å². The third-order valence-electron chi connectivity index (χ3n) is 4.40. The number of amides is 2. The van der Waals surface area contributed by atoms with E-state index in [0.29, 0.717) is 13.1 Å². The number of carbonyl (C=O) groups is 2. The molecule has 114 valence electrons. The van der Waals surface area contributed by atoms with Crippen LogP contribution in [0.15, 0.2) is 0 Å². The van der Waals surface area contributed by atoms with Crippen LogP contribution in [0.25, 0.3) is 0 Å². The van der Waals surface area contributed by atoms with Crippen LogP contribution in [0, 0.1) is 11.8 Å². The molecule has 0 radical (unpaired) electrons. The average Bonchev–Trinajstić information content (AvgIpc) is 2.47. The minimum absolute atomic E-state index is 0.0783. The van der Waals surface area contributed by atoms with Crippen molar-refractivity contribution >= 4 is 11.8 Å². The molecule has 2 aliphatic heterocycles. The van der Waals surface area contributed by atoms with E-state index in [1.165, 1.54) is 0 Å². The molecule has 2 fully saturated rings. The second-order valence-corrected chi connectivity index (χ2v) is 6.01. The average molecular weight is 283 g/mol. The first-order valence-corrected chi connectivity index (χ1v) is 7.50. The van der Waals surface area contributed by atoms with Crippen LogP contribution in [0.3, 0.4) is 0 Å². The van der Waals surface area contributed by atoms with Crippen molar-refractivity contribution in [1.82, 2.24) is 9.80 Å². The molecule has 0 aromatic carbocycles. The lowest BCUT2D eigenvalue weighted by atomic mass is 9.97. The number of piperidine rings is 2. The first-order valence-electron chi connectivity index (χ1n) is 7.50. The van der Waals surface area contributed by atoms with Crippen molar-refractivity contribution in [2.24, 2.45) is 17.6 Å². The minimum atomic E-state index is -0.305. The van der Waals surface area contributed by atoms with Crippen molar-refractivity contribution < 1.29 is 14.7 Å². The molecule has 2 saturated heterocycles. The monoisotopic (exact) mass is 283 g/mol. The van der Waals surface area contributed by atoms with Crippen molar-refractivity contribution in [3.8, 4) is 0 Å². The largest absolute Gasteiger partial charge is 0.396 e. The van der Waals surface area contributed by atoms with E-state index in [-0.39, 0.29) is 30.3 Å². The van der Waals surface area contributed by atoms with E-state index in [1.54, 1.807) is 4.90 Å². The van der Waals surface area contributed by atoms with Crippen LogP contribution in [0.4, 0.5) is 0 Å². The molecule has 0 aromatic heterocycles. The molecule has 0 aromatic rings. The Kier molecular flexibility index (Phi) is 5.37. The lowest BCUT2D eigenvalue weighted by Crippen LogP contribution is -2.49.